The Morgan fingerprint density at radius 2 is 2.06 bits per heavy atom. The molecule has 18 heavy (non-hydrogen) atoms. The van der Waals surface area contributed by atoms with Crippen molar-refractivity contribution in [2.75, 3.05) is 44.2 Å². The fourth-order valence-corrected chi connectivity index (χ4v) is 2.46. The Morgan fingerprint density at radius 3 is 2.61 bits per heavy atom. The molecule has 0 spiro atoms. The van der Waals surface area contributed by atoms with E-state index in [1.54, 1.807) is 0 Å². The molecule has 0 aliphatic carbocycles. The SMILES string of the molecule is CC(CN)CN1CCN(c2ccc(Br)cn2)CC1. The van der Waals surface area contributed by atoms with Gasteiger partial charge in [-0.25, -0.2) is 4.98 Å². The van der Waals surface area contributed by atoms with Gasteiger partial charge in [-0.3, -0.25) is 4.90 Å². The first-order chi connectivity index (χ1) is 8.69. The summed E-state index contributed by atoms with van der Waals surface area (Å²) in [5.74, 6) is 1.66. The van der Waals surface area contributed by atoms with E-state index in [1.807, 2.05) is 12.3 Å². The standard InChI is InChI=1S/C13H21BrN4/c1-11(8-15)10-17-4-6-18(7-5-17)13-3-2-12(14)9-16-13/h2-3,9,11H,4-8,10,15H2,1H3. The quantitative estimate of drug-likeness (QED) is 0.916. The first-order valence-corrected chi connectivity index (χ1v) is 7.27. The molecule has 1 aromatic heterocycles. The van der Waals surface area contributed by atoms with Gasteiger partial charge in [0.2, 0.25) is 0 Å². The maximum Gasteiger partial charge on any atom is 0.128 e. The average molecular weight is 313 g/mol. The normalized spacial score (nSPS) is 18.9. The van der Waals surface area contributed by atoms with Crippen LogP contribution < -0.4 is 10.6 Å². The highest BCUT2D eigenvalue weighted by molar-refractivity contribution is 9.10. The fourth-order valence-electron chi connectivity index (χ4n) is 2.23. The molecule has 4 nitrogen and oxygen atoms in total. The highest BCUT2D eigenvalue weighted by Gasteiger charge is 2.18. The summed E-state index contributed by atoms with van der Waals surface area (Å²) in [6.45, 7) is 8.39. The van der Waals surface area contributed by atoms with Crippen molar-refractivity contribution >= 4 is 21.7 Å². The molecule has 1 atom stereocenters. The van der Waals surface area contributed by atoms with Crippen LogP contribution in [0, 0.1) is 5.92 Å². The van der Waals surface area contributed by atoms with Gasteiger partial charge >= 0.3 is 0 Å². The van der Waals surface area contributed by atoms with Crippen LogP contribution in [0.15, 0.2) is 22.8 Å². The molecular formula is C13H21BrN4. The van der Waals surface area contributed by atoms with Crippen LogP contribution in [0.1, 0.15) is 6.92 Å². The Morgan fingerprint density at radius 1 is 1.33 bits per heavy atom. The summed E-state index contributed by atoms with van der Waals surface area (Å²) < 4.78 is 1.03. The van der Waals surface area contributed by atoms with E-state index in [0.717, 1.165) is 49.6 Å². The van der Waals surface area contributed by atoms with E-state index in [4.69, 9.17) is 5.73 Å². The monoisotopic (exact) mass is 312 g/mol. The summed E-state index contributed by atoms with van der Waals surface area (Å²) in [6.07, 6.45) is 1.86. The van der Waals surface area contributed by atoms with Crippen LogP contribution in [0.5, 0.6) is 0 Å². The van der Waals surface area contributed by atoms with Crippen molar-refractivity contribution in [3.8, 4) is 0 Å². The third kappa shape index (κ3) is 3.67. The van der Waals surface area contributed by atoms with Gasteiger partial charge in [-0.05, 0) is 40.5 Å². The second-order valence-electron chi connectivity index (χ2n) is 4.96. The molecule has 0 radical (unpaired) electrons. The van der Waals surface area contributed by atoms with Crippen LogP contribution in [0.2, 0.25) is 0 Å². The van der Waals surface area contributed by atoms with Gasteiger partial charge in [0.15, 0.2) is 0 Å². The van der Waals surface area contributed by atoms with Gasteiger partial charge < -0.3 is 10.6 Å². The van der Waals surface area contributed by atoms with Crippen molar-refractivity contribution < 1.29 is 0 Å². The number of piperazine rings is 1. The Labute approximate surface area is 117 Å². The lowest BCUT2D eigenvalue weighted by atomic mass is 10.1. The highest BCUT2D eigenvalue weighted by atomic mass is 79.9. The number of aromatic nitrogens is 1. The molecule has 100 valence electrons. The van der Waals surface area contributed by atoms with Gasteiger partial charge in [0.25, 0.3) is 0 Å². The second-order valence-corrected chi connectivity index (χ2v) is 5.88. The minimum atomic E-state index is 0.586. The van der Waals surface area contributed by atoms with E-state index in [9.17, 15) is 0 Å². The largest absolute Gasteiger partial charge is 0.354 e. The van der Waals surface area contributed by atoms with Crippen molar-refractivity contribution in [3.63, 3.8) is 0 Å². The highest BCUT2D eigenvalue weighted by Crippen LogP contribution is 2.16. The summed E-state index contributed by atoms with van der Waals surface area (Å²) in [6, 6.07) is 4.12. The maximum atomic E-state index is 5.67. The zero-order chi connectivity index (χ0) is 13.0. The molecule has 1 aliphatic rings. The molecule has 1 aliphatic heterocycles. The molecule has 5 heteroatoms. The molecule has 2 heterocycles. The van der Waals surface area contributed by atoms with Crippen LogP contribution in [0.25, 0.3) is 0 Å². The fraction of sp³-hybridized carbons (Fsp3) is 0.615. The Balaban J connectivity index is 1.84. The summed E-state index contributed by atoms with van der Waals surface area (Å²) in [7, 11) is 0. The van der Waals surface area contributed by atoms with E-state index in [2.05, 4.69) is 43.7 Å². The number of pyridine rings is 1. The molecule has 1 unspecified atom stereocenters. The topological polar surface area (TPSA) is 45.4 Å². The number of anilines is 1. The Hall–Kier alpha value is -0.650. The predicted octanol–water partition coefficient (Wildman–Crippen LogP) is 1.56. The van der Waals surface area contributed by atoms with Gasteiger partial charge in [0, 0.05) is 43.4 Å². The van der Waals surface area contributed by atoms with Crippen LogP contribution in [-0.2, 0) is 0 Å². The maximum absolute atomic E-state index is 5.67. The smallest absolute Gasteiger partial charge is 0.128 e. The number of nitrogens with two attached hydrogens (primary N) is 1. The Bertz CT molecular complexity index is 360. The van der Waals surface area contributed by atoms with Crippen molar-refractivity contribution in [2.24, 2.45) is 11.7 Å². The molecule has 0 amide bonds. The summed E-state index contributed by atoms with van der Waals surface area (Å²) >= 11 is 3.41. The minimum Gasteiger partial charge on any atom is -0.354 e. The van der Waals surface area contributed by atoms with E-state index in [1.165, 1.54) is 0 Å². The lowest BCUT2D eigenvalue weighted by molar-refractivity contribution is 0.227. The van der Waals surface area contributed by atoms with E-state index in [0.29, 0.717) is 5.92 Å². The van der Waals surface area contributed by atoms with Gasteiger partial charge in [-0.2, -0.15) is 0 Å². The number of hydrogen-bond acceptors (Lipinski definition) is 4. The molecular weight excluding hydrogens is 292 g/mol. The van der Waals surface area contributed by atoms with E-state index < -0.39 is 0 Å². The molecule has 0 aromatic carbocycles. The summed E-state index contributed by atoms with van der Waals surface area (Å²) in [4.78, 5) is 9.28. The summed E-state index contributed by atoms with van der Waals surface area (Å²) in [5.41, 5.74) is 5.67. The van der Waals surface area contributed by atoms with Crippen LogP contribution in [0.3, 0.4) is 0 Å². The predicted molar refractivity (Wildman–Crippen MR) is 78.8 cm³/mol. The minimum absolute atomic E-state index is 0.586. The van der Waals surface area contributed by atoms with E-state index in [-0.39, 0.29) is 0 Å². The number of rotatable bonds is 4. The van der Waals surface area contributed by atoms with E-state index >= 15 is 0 Å². The molecule has 0 bridgehead atoms. The third-order valence-electron chi connectivity index (χ3n) is 3.38. The molecule has 1 saturated heterocycles. The van der Waals surface area contributed by atoms with Crippen molar-refractivity contribution in [1.82, 2.24) is 9.88 Å². The van der Waals surface area contributed by atoms with Gasteiger partial charge in [0.1, 0.15) is 5.82 Å². The Kier molecular flexibility index (Phi) is 4.97. The van der Waals surface area contributed by atoms with Crippen LogP contribution in [-0.4, -0.2) is 49.2 Å². The van der Waals surface area contributed by atoms with Crippen LogP contribution >= 0.6 is 15.9 Å². The first-order valence-electron chi connectivity index (χ1n) is 6.48. The van der Waals surface area contributed by atoms with Crippen molar-refractivity contribution in [2.45, 2.75) is 6.92 Å². The number of nitrogens with zero attached hydrogens (tertiary/aromatic N) is 3. The third-order valence-corrected chi connectivity index (χ3v) is 3.85. The summed E-state index contributed by atoms with van der Waals surface area (Å²) in [5, 5.41) is 0. The molecule has 0 saturated carbocycles. The molecule has 2 rings (SSSR count). The van der Waals surface area contributed by atoms with Crippen molar-refractivity contribution in [1.29, 1.82) is 0 Å². The molecule has 1 aromatic rings. The lowest BCUT2D eigenvalue weighted by Gasteiger charge is -2.36. The first kappa shape index (κ1) is 13.8. The zero-order valence-corrected chi connectivity index (χ0v) is 12.4. The zero-order valence-electron chi connectivity index (χ0n) is 10.8. The molecule has 1 fully saturated rings. The second kappa shape index (κ2) is 6.50. The van der Waals surface area contributed by atoms with Crippen LogP contribution in [0.4, 0.5) is 5.82 Å². The molecule has 2 N–H and O–H groups in total. The van der Waals surface area contributed by atoms with Gasteiger partial charge in [-0.15, -0.1) is 0 Å². The number of halogens is 1. The van der Waals surface area contributed by atoms with Gasteiger partial charge in [-0.1, -0.05) is 6.92 Å². The average Bonchev–Trinajstić information content (AvgIpc) is 2.40. The van der Waals surface area contributed by atoms with Gasteiger partial charge in [0.05, 0.1) is 0 Å². The van der Waals surface area contributed by atoms with Crippen molar-refractivity contribution in [3.05, 3.63) is 22.8 Å². The lowest BCUT2D eigenvalue weighted by Crippen LogP contribution is -2.48. The number of hydrogen-bond donors (Lipinski definition) is 1.